The average molecular weight is 312 g/mol. The summed E-state index contributed by atoms with van der Waals surface area (Å²) in [6, 6.07) is 7.92. The van der Waals surface area contributed by atoms with E-state index >= 15 is 0 Å². The van der Waals surface area contributed by atoms with Crippen molar-refractivity contribution >= 4 is 15.7 Å². The fourth-order valence-electron chi connectivity index (χ4n) is 1.95. The summed E-state index contributed by atoms with van der Waals surface area (Å²) in [7, 11) is -4.03. The first-order valence-corrected chi connectivity index (χ1v) is 7.60. The van der Waals surface area contributed by atoms with Crippen LogP contribution >= 0.6 is 0 Å². The molecule has 0 aliphatic heterocycles. The normalized spacial score (nSPS) is 11.4. The topological polar surface area (TPSA) is 72.2 Å². The van der Waals surface area contributed by atoms with E-state index in [1.54, 1.807) is 19.1 Å². The van der Waals surface area contributed by atoms with Crippen molar-refractivity contribution in [1.29, 1.82) is 0 Å². The van der Waals surface area contributed by atoms with Gasteiger partial charge in [-0.1, -0.05) is 18.2 Å². The van der Waals surface area contributed by atoms with Crippen LogP contribution in [0, 0.1) is 18.6 Å². The molecule has 7 heteroatoms. The molecule has 112 valence electrons. The van der Waals surface area contributed by atoms with E-state index in [9.17, 15) is 17.2 Å². The van der Waals surface area contributed by atoms with Crippen molar-refractivity contribution in [2.45, 2.75) is 18.4 Å². The fraction of sp³-hybridized carbons (Fsp3) is 0.143. The third-order valence-corrected chi connectivity index (χ3v) is 4.61. The van der Waals surface area contributed by atoms with Crippen LogP contribution in [0.4, 0.5) is 14.5 Å². The summed E-state index contributed by atoms with van der Waals surface area (Å²) in [4.78, 5) is -0.0193. The van der Waals surface area contributed by atoms with Gasteiger partial charge in [0.15, 0.2) is 11.6 Å². The Morgan fingerprint density at radius 3 is 2.48 bits per heavy atom. The number of hydrogen-bond donors (Lipinski definition) is 2. The molecule has 0 aliphatic carbocycles. The number of hydrogen-bond acceptors (Lipinski definition) is 3. The van der Waals surface area contributed by atoms with E-state index in [1.165, 1.54) is 12.1 Å². The van der Waals surface area contributed by atoms with Gasteiger partial charge in [0.25, 0.3) is 10.0 Å². The maximum absolute atomic E-state index is 13.6. The Bertz CT molecular complexity index is 777. The quantitative estimate of drug-likeness (QED) is 0.911. The number of halogens is 2. The van der Waals surface area contributed by atoms with E-state index < -0.39 is 27.3 Å². The first kappa shape index (κ1) is 15.4. The largest absolute Gasteiger partial charge is 0.326 e. The lowest BCUT2D eigenvalue weighted by molar-refractivity contribution is 0.511. The minimum absolute atomic E-state index is 0.0193. The van der Waals surface area contributed by atoms with Gasteiger partial charge in [0.2, 0.25) is 0 Å². The summed E-state index contributed by atoms with van der Waals surface area (Å²) in [5, 5.41) is 0. The zero-order valence-electron chi connectivity index (χ0n) is 11.2. The van der Waals surface area contributed by atoms with Crippen LogP contribution in [-0.4, -0.2) is 8.42 Å². The molecule has 0 unspecified atom stereocenters. The lowest BCUT2D eigenvalue weighted by Crippen LogP contribution is -2.16. The van der Waals surface area contributed by atoms with Crippen LogP contribution < -0.4 is 10.5 Å². The number of benzene rings is 2. The van der Waals surface area contributed by atoms with Crippen LogP contribution in [0.25, 0.3) is 0 Å². The summed E-state index contributed by atoms with van der Waals surface area (Å²) in [5.74, 6) is -2.36. The summed E-state index contributed by atoms with van der Waals surface area (Å²) in [5.41, 5.74) is 6.24. The molecule has 0 amide bonds. The van der Waals surface area contributed by atoms with E-state index in [2.05, 4.69) is 4.72 Å². The van der Waals surface area contributed by atoms with Gasteiger partial charge in [-0.05, 0) is 36.2 Å². The van der Waals surface area contributed by atoms with Gasteiger partial charge in [0.1, 0.15) is 0 Å². The van der Waals surface area contributed by atoms with E-state index in [-0.39, 0.29) is 11.4 Å². The average Bonchev–Trinajstić information content (AvgIpc) is 2.44. The highest BCUT2D eigenvalue weighted by molar-refractivity contribution is 7.92. The predicted molar refractivity (Wildman–Crippen MR) is 76.2 cm³/mol. The van der Waals surface area contributed by atoms with Crippen molar-refractivity contribution < 1.29 is 17.2 Å². The molecule has 0 bridgehead atoms. The molecule has 2 rings (SSSR count). The Balaban J connectivity index is 2.46. The number of sulfonamides is 1. The lowest BCUT2D eigenvalue weighted by atomic mass is 10.1. The van der Waals surface area contributed by atoms with Crippen molar-refractivity contribution in [2.24, 2.45) is 5.73 Å². The molecule has 4 nitrogen and oxygen atoms in total. The molecule has 0 radical (unpaired) electrons. The third-order valence-electron chi connectivity index (χ3n) is 3.10. The second-order valence-corrected chi connectivity index (χ2v) is 6.10. The van der Waals surface area contributed by atoms with Crippen molar-refractivity contribution in [3.63, 3.8) is 0 Å². The Morgan fingerprint density at radius 2 is 1.81 bits per heavy atom. The molecule has 2 aromatic rings. The number of anilines is 1. The van der Waals surface area contributed by atoms with Crippen LogP contribution in [-0.2, 0) is 16.6 Å². The van der Waals surface area contributed by atoms with E-state index in [4.69, 9.17) is 5.73 Å². The molecule has 3 N–H and O–H groups in total. The Morgan fingerprint density at radius 1 is 1.14 bits per heavy atom. The van der Waals surface area contributed by atoms with Gasteiger partial charge in [0.05, 0.1) is 10.6 Å². The molecule has 0 aromatic heterocycles. The number of nitrogens with one attached hydrogen (secondary N) is 1. The van der Waals surface area contributed by atoms with Crippen molar-refractivity contribution in [1.82, 2.24) is 0 Å². The highest BCUT2D eigenvalue weighted by Crippen LogP contribution is 2.24. The molecule has 0 heterocycles. The first-order chi connectivity index (χ1) is 9.86. The monoisotopic (exact) mass is 312 g/mol. The zero-order chi connectivity index (χ0) is 15.6. The van der Waals surface area contributed by atoms with E-state index in [0.29, 0.717) is 11.1 Å². The van der Waals surface area contributed by atoms with Crippen LogP contribution in [0.1, 0.15) is 11.1 Å². The van der Waals surface area contributed by atoms with Crippen molar-refractivity contribution in [3.05, 3.63) is 59.2 Å². The molecule has 0 atom stereocenters. The van der Waals surface area contributed by atoms with Gasteiger partial charge < -0.3 is 5.73 Å². The molecule has 0 aliphatic rings. The molecule has 0 saturated carbocycles. The van der Waals surface area contributed by atoms with Gasteiger partial charge in [-0.25, -0.2) is 17.2 Å². The summed E-state index contributed by atoms with van der Waals surface area (Å²) in [6.07, 6.45) is 0. The van der Waals surface area contributed by atoms with E-state index in [1.807, 2.05) is 0 Å². The number of rotatable bonds is 4. The van der Waals surface area contributed by atoms with Crippen LogP contribution in [0.3, 0.4) is 0 Å². The van der Waals surface area contributed by atoms with Gasteiger partial charge in [-0.15, -0.1) is 0 Å². The molecule has 0 saturated heterocycles. The maximum atomic E-state index is 13.6. The highest BCUT2D eigenvalue weighted by atomic mass is 32.2. The predicted octanol–water partition coefficient (Wildman–Crippen LogP) is 2.53. The van der Waals surface area contributed by atoms with Crippen LogP contribution in [0.2, 0.25) is 0 Å². The summed E-state index contributed by atoms with van der Waals surface area (Å²) in [6.45, 7) is 1.79. The summed E-state index contributed by atoms with van der Waals surface area (Å²) < 4.78 is 53.4. The minimum Gasteiger partial charge on any atom is -0.326 e. The second kappa shape index (κ2) is 5.79. The molecule has 2 aromatic carbocycles. The van der Waals surface area contributed by atoms with Crippen LogP contribution in [0.15, 0.2) is 41.3 Å². The highest BCUT2D eigenvalue weighted by Gasteiger charge is 2.20. The molecule has 21 heavy (non-hydrogen) atoms. The first-order valence-electron chi connectivity index (χ1n) is 6.12. The van der Waals surface area contributed by atoms with Crippen molar-refractivity contribution in [3.8, 4) is 0 Å². The van der Waals surface area contributed by atoms with Gasteiger partial charge in [-0.2, -0.15) is 0 Å². The van der Waals surface area contributed by atoms with E-state index in [0.717, 1.165) is 12.1 Å². The third kappa shape index (κ3) is 3.03. The fourth-order valence-corrected chi connectivity index (χ4v) is 3.30. The maximum Gasteiger partial charge on any atom is 0.262 e. The van der Waals surface area contributed by atoms with Gasteiger partial charge in [0, 0.05) is 6.54 Å². The van der Waals surface area contributed by atoms with Crippen LogP contribution in [0.5, 0.6) is 0 Å². The van der Waals surface area contributed by atoms with Gasteiger partial charge in [-0.3, -0.25) is 4.72 Å². The minimum atomic E-state index is -4.03. The second-order valence-electron chi connectivity index (χ2n) is 4.45. The smallest absolute Gasteiger partial charge is 0.262 e. The molecular weight excluding hydrogens is 298 g/mol. The molecular formula is C14H14F2N2O2S. The summed E-state index contributed by atoms with van der Waals surface area (Å²) >= 11 is 0. The lowest BCUT2D eigenvalue weighted by Gasteiger charge is -2.13. The Hall–Kier alpha value is -1.99. The Labute approximate surface area is 121 Å². The SMILES string of the molecule is Cc1c(CN)cccc1S(=O)(=O)Nc1cccc(F)c1F. The molecule has 0 fully saturated rings. The van der Waals surface area contributed by atoms with Crippen molar-refractivity contribution in [2.75, 3.05) is 4.72 Å². The van der Waals surface area contributed by atoms with Gasteiger partial charge >= 0.3 is 0 Å². The molecule has 0 spiro atoms. The Kier molecular flexibility index (Phi) is 4.24. The zero-order valence-corrected chi connectivity index (χ0v) is 12.0. The number of nitrogens with two attached hydrogens (primary N) is 1. The standard InChI is InChI=1S/C14H14F2N2O2S/c1-9-10(8-17)4-2-7-13(9)21(19,20)18-12-6-3-5-11(15)14(12)16/h2-7,18H,8,17H2,1H3.